The van der Waals surface area contributed by atoms with Crippen molar-refractivity contribution >= 4 is 5.95 Å². The van der Waals surface area contributed by atoms with E-state index in [1.165, 1.54) is 0 Å². The average Bonchev–Trinajstić information content (AvgIpc) is 2.34. The zero-order valence-electron chi connectivity index (χ0n) is 6.57. The number of aromatic nitrogens is 3. The van der Waals surface area contributed by atoms with Gasteiger partial charge in [0, 0.05) is 20.6 Å². The maximum Gasteiger partial charge on any atom is 0.244 e. The van der Waals surface area contributed by atoms with Gasteiger partial charge in [-0.3, -0.25) is 4.68 Å². The van der Waals surface area contributed by atoms with Gasteiger partial charge in [-0.15, -0.1) is 5.10 Å². The van der Waals surface area contributed by atoms with Crippen LogP contribution >= 0.6 is 0 Å². The van der Waals surface area contributed by atoms with Crippen molar-refractivity contribution in [3.05, 3.63) is 6.33 Å². The average molecular weight is 140 g/mol. The van der Waals surface area contributed by atoms with Crippen molar-refractivity contribution in [1.29, 1.82) is 0 Å². The molecule has 0 radical (unpaired) electrons. The molecule has 0 spiro atoms. The first kappa shape index (κ1) is 7.05. The van der Waals surface area contributed by atoms with Gasteiger partial charge in [0.2, 0.25) is 5.95 Å². The molecule has 56 valence electrons. The Balaban J connectivity index is 2.78. The summed E-state index contributed by atoms with van der Waals surface area (Å²) < 4.78 is 1.80. The number of hydrogen-bond acceptors (Lipinski definition) is 3. The maximum absolute atomic E-state index is 4.16. The van der Waals surface area contributed by atoms with Crippen molar-refractivity contribution in [3.63, 3.8) is 0 Å². The Labute approximate surface area is 60.5 Å². The Bertz CT molecular complexity index is 203. The number of anilines is 1. The Morgan fingerprint density at radius 3 is 2.60 bits per heavy atom. The second-order valence-corrected chi connectivity index (χ2v) is 2.29. The summed E-state index contributed by atoms with van der Waals surface area (Å²) in [5, 5.41) is 4.16. The number of aryl methyl sites for hydroxylation is 1. The molecule has 0 aromatic carbocycles. The van der Waals surface area contributed by atoms with Crippen LogP contribution in [0.25, 0.3) is 0 Å². The fourth-order valence-electron chi connectivity index (χ4n) is 0.642. The molecule has 0 aliphatic carbocycles. The van der Waals surface area contributed by atoms with Gasteiger partial charge < -0.3 is 4.90 Å². The molecule has 1 aromatic heterocycles. The van der Waals surface area contributed by atoms with E-state index in [9.17, 15) is 0 Å². The van der Waals surface area contributed by atoms with Crippen LogP contribution in [0.1, 0.15) is 6.92 Å². The Kier molecular flexibility index (Phi) is 1.89. The van der Waals surface area contributed by atoms with Crippen LogP contribution in [0, 0.1) is 0 Å². The van der Waals surface area contributed by atoms with E-state index in [0.29, 0.717) is 0 Å². The van der Waals surface area contributed by atoms with Gasteiger partial charge in [-0.1, -0.05) is 0 Å². The quantitative estimate of drug-likeness (QED) is 0.595. The minimum Gasteiger partial charge on any atom is -0.346 e. The van der Waals surface area contributed by atoms with Crippen molar-refractivity contribution < 1.29 is 0 Å². The molecule has 0 saturated heterocycles. The van der Waals surface area contributed by atoms with E-state index >= 15 is 0 Å². The topological polar surface area (TPSA) is 34.0 Å². The molecule has 0 amide bonds. The van der Waals surface area contributed by atoms with E-state index in [0.717, 1.165) is 12.5 Å². The summed E-state index contributed by atoms with van der Waals surface area (Å²) in [7, 11) is 3.85. The predicted molar refractivity (Wildman–Crippen MR) is 40.0 cm³/mol. The third kappa shape index (κ3) is 1.26. The van der Waals surface area contributed by atoms with Gasteiger partial charge in [0.15, 0.2) is 0 Å². The number of rotatable bonds is 2. The molecule has 0 atom stereocenters. The normalized spacial score (nSPS) is 9.90. The molecule has 1 heterocycles. The summed E-state index contributed by atoms with van der Waals surface area (Å²) in [6.45, 7) is 2.91. The highest BCUT2D eigenvalue weighted by molar-refractivity contribution is 5.22. The lowest BCUT2D eigenvalue weighted by molar-refractivity contribution is 0.656. The first-order valence-corrected chi connectivity index (χ1v) is 3.30. The maximum atomic E-state index is 4.16. The second-order valence-electron chi connectivity index (χ2n) is 2.29. The van der Waals surface area contributed by atoms with Crippen molar-refractivity contribution in [3.8, 4) is 0 Å². The monoisotopic (exact) mass is 140 g/mol. The van der Waals surface area contributed by atoms with E-state index in [-0.39, 0.29) is 0 Å². The first-order chi connectivity index (χ1) is 4.74. The van der Waals surface area contributed by atoms with Crippen LogP contribution in [-0.4, -0.2) is 28.9 Å². The highest BCUT2D eigenvalue weighted by Crippen LogP contribution is 1.98. The Hall–Kier alpha value is -1.06. The standard InChI is InChI=1S/C6H12N4/c1-4-10-5-7-6(8-10)9(2)3/h5H,4H2,1-3H3. The van der Waals surface area contributed by atoms with Crippen molar-refractivity contribution in [2.75, 3.05) is 19.0 Å². The first-order valence-electron chi connectivity index (χ1n) is 3.30. The lowest BCUT2D eigenvalue weighted by Crippen LogP contribution is -2.11. The zero-order valence-corrected chi connectivity index (χ0v) is 6.57. The van der Waals surface area contributed by atoms with Crippen molar-refractivity contribution in [2.45, 2.75) is 13.5 Å². The molecule has 0 aliphatic heterocycles. The minimum absolute atomic E-state index is 0.766. The van der Waals surface area contributed by atoms with Crippen LogP contribution in [0.2, 0.25) is 0 Å². The second kappa shape index (κ2) is 2.68. The summed E-state index contributed by atoms with van der Waals surface area (Å²) in [5.74, 6) is 0.766. The molecule has 0 N–H and O–H groups in total. The summed E-state index contributed by atoms with van der Waals surface area (Å²) in [4.78, 5) is 5.95. The molecule has 4 heteroatoms. The van der Waals surface area contributed by atoms with Crippen LogP contribution in [0.4, 0.5) is 5.95 Å². The molecule has 10 heavy (non-hydrogen) atoms. The van der Waals surface area contributed by atoms with Gasteiger partial charge in [0.05, 0.1) is 0 Å². The van der Waals surface area contributed by atoms with E-state index in [4.69, 9.17) is 0 Å². The van der Waals surface area contributed by atoms with Crippen LogP contribution in [0.5, 0.6) is 0 Å². The van der Waals surface area contributed by atoms with E-state index in [1.807, 2.05) is 25.9 Å². The van der Waals surface area contributed by atoms with Gasteiger partial charge in [-0.05, 0) is 6.92 Å². The molecular weight excluding hydrogens is 128 g/mol. The lowest BCUT2D eigenvalue weighted by Gasteiger charge is -2.03. The minimum atomic E-state index is 0.766. The highest BCUT2D eigenvalue weighted by Gasteiger charge is 1.98. The van der Waals surface area contributed by atoms with Gasteiger partial charge in [0.25, 0.3) is 0 Å². The van der Waals surface area contributed by atoms with Gasteiger partial charge >= 0.3 is 0 Å². The molecule has 0 fully saturated rings. The van der Waals surface area contributed by atoms with Crippen LogP contribution in [0.3, 0.4) is 0 Å². The third-order valence-electron chi connectivity index (χ3n) is 1.25. The van der Waals surface area contributed by atoms with Gasteiger partial charge in [0.1, 0.15) is 6.33 Å². The summed E-state index contributed by atoms with van der Waals surface area (Å²) in [6.07, 6.45) is 1.73. The molecule has 4 nitrogen and oxygen atoms in total. The zero-order chi connectivity index (χ0) is 7.56. The van der Waals surface area contributed by atoms with Gasteiger partial charge in [-0.25, -0.2) is 4.98 Å². The smallest absolute Gasteiger partial charge is 0.244 e. The fourth-order valence-corrected chi connectivity index (χ4v) is 0.642. The summed E-state index contributed by atoms with van der Waals surface area (Å²) in [6, 6.07) is 0. The van der Waals surface area contributed by atoms with E-state index < -0.39 is 0 Å². The molecule has 0 aliphatic rings. The third-order valence-corrected chi connectivity index (χ3v) is 1.25. The number of hydrogen-bond donors (Lipinski definition) is 0. The highest BCUT2D eigenvalue weighted by atomic mass is 15.4. The fraction of sp³-hybridized carbons (Fsp3) is 0.667. The molecule has 0 saturated carbocycles. The van der Waals surface area contributed by atoms with Crippen LogP contribution < -0.4 is 4.90 Å². The SMILES string of the molecule is CCn1cnc(N(C)C)n1. The van der Waals surface area contributed by atoms with E-state index in [1.54, 1.807) is 11.0 Å². The number of nitrogens with zero attached hydrogens (tertiary/aromatic N) is 4. The Morgan fingerprint density at radius 1 is 1.60 bits per heavy atom. The molecule has 1 aromatic rings. The van der Waals surface area contributed by atoms with E-state index in [2.05, 4.69) is 10.1 Å². The Morgan fingerprint density at radius 2 is 2.30 bits per heavy atom. The van der Waals surface area contributed by atoms with Crippen molar-refractivity contribution in [1.82, 2.24) is 14.8 Å². The van der Waals surface area contributed by atoms with Gasteiger partial charge in [-0.2, -0.15) is 0 Å². The van der Waals surface area contributed by atoms with Crippen molar-refractivity contribution in [2.24, 2.45) is 0 Å². The molecule has 1 rings (SSSR count). The molecular formula is C6H12N4. The summed E-state index contributed by atoms with van der Waals surface area (Å²) in [5.41, 5.74) is 0. The van der Waals surface area contributed by atoms with Crippen LogP contribution in [0.15, 0.2) is 6.33 Å². The summed E-state index contributed by atoms with van der Waals surface area (Å²) >= 11 is 0. The molecule has 0 bridgehead atoms. The molecule has 0 unspecified atom stereocenters. The predicted octanol–water partition coefficient (Wildman–Crippen LogP) is 0.364. The van der Waals surface area contributed by atoms with Crippen LogP contribution in [-0.2, 0) is 6.54 Å². The lowest BCUT2D eigenvalue weighted by atomic mass is 10.8. The largest absolute Gasteiger partial charge is 0.346 e.